The molecule has 0 aliphatic rings. The minimum atomic E-state index is 0.921. The molecule has 0 amide bonds. The lowest BCUT2D eigenvalue weighted by Crippen LogP contribution is -1.81. The fraction of sp³-hybridized carbons (Fsp3) is 0.0667. The Bertz CT molecular complexity index is 635. The standard InChI is InChI=1S/C15H13N3S/c1-2-4-12(5-3-1)11-19-15-17-10-14(18-15)13-6-8-16-9-7-13/h1-10H,11H2,(H,17,18). The molecule has 0 saturated heterocycles. The van der Waals surface area contributed by atoms with E-state index >= 15 is 0 Å². The molecule has 4 heteroatoms. The van der Waals surface area contributed by atoms with E-state index in [0.29, 0.717) is 0 Å². The highest BCUT2D eigenvalue weighted by atomic mass is 32.2. The number of hydrogen-bond acceptors (Lipinski definition) is 3. The number of thioether (sulfide) groups is 1. The highest BCUT2D eigenvalue weighted by Gasteiger charge is 2.03. The molecular weight excluding hydrogens is 254 g/mol. The number of aromatic nitrogens is 3. The van der Waals surface area contributed by atoms with Gasteiger partial charge in [0.25, 0.3) is 0 Å². The minimum absolute atomic E-state index is 0.921. The average Bonchev–Trinajstić information content (AvgIpc) is 2.96. The van der Waals surface area contributed by atoms with Crippen LogP contribution in [-0.2, 0) is 5.75 Å². The topological polar surface area (TPSA) is 41.6 Å². The van der Waals surface area contributed by atoms with Crippen molar-refractivity contribution in [2.24, 2.45) is 0 Å². The van der Waals surface area contributed by atoms with Crippen molar-refractivity contribution in [2.45, 2.75) is 10.9 Å². The molecule has 0 radical (unpaired) electrons. The van der Waals surface area contributed by atoms with Gasteiger partial charge in [-0.15, -0.1) is 0 Å². The van der Waals surface area contributed by atoms with Crippen LogP contribution in [0.4, 0.5) is 0 Å². The summed E-state index contributed by atoms with van der Waals surface area (Å²) in [5.74, 6) is 0.921. The smallest absolute Gasteiger partial charge is 0.166 e. The van der Waals surface area contributed by atoms with E-state index in [4.69, 9.17) is 0 Å². The van der Waals surface area contributed by atoms with Gasteiger partial charge in [-0.1, -0.05) is 42.1 Å². The summed E-state index contributed by atoms with van der Waals surface area (Å²) in [6, 6.07) is 14.3. The molecule has 0 atom stereocenters. The van der Waals surface area contributed by atoms with Gasteiger partial charge in [0.05, 0.1) is 11.9 Å². The van der Waals surface area contributed by atoms with Crippen LogP contribution in [-0.4, -0.2) is 15.0 Å². The molecule has 3 aromatic rings. The highest BCUT2D eigenvalue weighted by Crippen LogP contribution is 2.23. The van der Waals surface area contributed by atoms with Crippen LogP contribution in [0.3, 0.4) is 0 Å². The zero-order valence-electron chi connectivity index (χ0n) is 10.3. The van der Waals surface area contributed by atoms with Crippen molar-refractivity contribution in [1.82, 2.24) is 15.0 Å². The molecule has 1 N–H and O–H groups in total. The Balaban J connectivity index is 1.69. The first-order chi connectivity index (χ1) is 9.42. The normalized spacial score (nSPS) is 10.5. The summed E-state index contributed by atoms with van der Waals surface area (Å²) in [5, 5.41) is 0.940. The maximum atomic E-state index is 4.39. The summed E-state index contributed by atoms with van der Waals surface area (Å²) >= 11 is 1.71. The van der Waals surface area contributed by atoms with Crippen LogP contribution in [0.15, 0.2) is 66.2 Å². The van der Waals surface area contributed by atoms with Crippen LogP contribution >= 0.6 is 11.8 Å². The number of nitrogens with one attached hydrogen (secondary N) is 1. The van der Waals surface area contributed by atoms with Gasteiger partial charge in [0.15, 0.2) is 5.16 Å². The van der Waals surface area contributed by atoms with E-state index in [2.05, 4.69) is 39.2 Å². The van der Waals surface area contributed by atoms with Crippen molar-refractivity contribution in [1.29, 1.82) is 0 Å². The predicted octanol–water partition coefficient (Wildman–Crippen LogP) is 3.76. The lowest BCUT2D eigenvalue weighted by Gasteiger charge is -1.98. The maximum Gasteiger partial charge on any atom is 0.166 e. The second kappa shape index (κ2) is 5.71. The van der Waals surface area contributed by atoms with Crippen molar-refractivity contribution in [3.05, 3.63) is 66.6 Å². The molecule has 0 bridgehead atoms. The quantitative estimate of drug-likeness (QED) is 0.732. The molecule has 2 heterocycles. The van der Waals surface area contributed by atoms with Gasteiger partial charge < -0.3 is 4.98 Å². The summed E-state index contributed by atoms with van der Waals surface area (Å²) in [6.45, 7) is 0. The van der Waals surface area contributed by atoms with Crippen molar-refractivity contribution in [2.75, 3.05) is 0 Å². The van der Waals surface area contributed by atoms with Gasteiger partial charge in [-0.3, -0.25) is 4.98 Å². The van der Waals surface area contributed by atoms with Crippen molar-refractivity contribution >= 4 is 11.8 Å². The molecule has 1 aromatic carbocycles. The summed E-state index contributed by atoms with van der Waals surface area (Å²) in [7, 11) is 0. The van der Waals surface area contributed by atoms with Gasteiger partial charge in [-0.25, -0.2) is 4.98 Å². The van der Waals surface area contributed by atoms with Gasteiger partial charge in [0, 0.05) is 23.7 Å². The third kappa shape index (κ3) is 3.03. The molecule has 19 heavy (non-hydrogen) atoms. The van der Waals surface area contributed by atoms with Gasteiger partial charge in [-0.05, 0) is 17.7 Å². The van der Waals surface area contributed by atoms with Crippen LogP contribution < -0.4 is 0 Å². The first kappa shape index (κ1) is 12.0. The molecule has 0 unspecified atom stereocenters. The third-order valence-corrected chi connectivity index (χ3v) is 3.72. The second-order valence-electron chi connectivity index (χ2n) is 4.11. The van der Waals surface area contributed by atoms with E-state index in [-0.39, 0.29) is 0 Å². The Hall–Kier alpha value is -2.07. The Morgan fingerprint density at radius 3 is 2.58 bits per heavy atom. The number of rotatable bonds is 4. The molecule has 3 nitrogen and oxygen atoms in total. The second-order valence-corrected chi connectivity index (χ2v) is 5.08. The molecule has 0 aliphatic carbocycles. The van der Waals surface area contributed by atoms with Crippen LogP contribution in [0.5, 0.6) is 0 Å². The van der Waals surface area contributed by atoms with E-state index in [1.165, 1.54) is 5.56 Å². The van der Waals surface area contributed by atoms with Crippen LogP contribution in [0, 0.1) is 0 Å². The molecule has 0 fully saturated rings. The van der Waals surface area contributed by atoms with E-state index in [0.717, 1.165) is 22.2 Å². The Labute approximate surface area is 116 Å². The van der Waals surface area contributed by atoms with Crippen LogP contribution in [0.2, 0.25) is 0 Å². The van der Waals surface area contributed by atoms with Crippen LogP contribution in [0.25, 0.3) is 11.3 Å². The van der Waals surface area contributed by atoms with Gasteiger partial charge in [-0.2, -0.15) is 0 Å². The monoisotopic (exact) mass is 267 g/mol. The molecule has 94 valence electrons. The summed E-state index contributed by atoms with van der Waals surface area (Å²) < 4.78 is 0. The third-order valence-electron chi connectivity index (χ3n) is 2.76. The number of nitrogens with zero attached hydrogens (tertiary/aromatic N) is 2. The molecule has 0 spiro atoms. The first-order valence-corrected chi connectivity index (χ1v) is 7.02. The van der Waals surface area contributed by atoms with Gasteiger partial charge >= 0.3 is 0 Å². The molecule has 3 rings (SSSR count). The fourth-order valence-electron chi connectivity index (χ4n) is 1.78. The maximum absolute atomic E-state index is 4.39. The van der Waals surface area contributed by atoms with E-state index < -0.39 is 0 Å². The van der Waals surface area contributed by atoms with Crippen molar-refractivity contribution in [3.63, 3.8) is 0 Å². The highest BCUT2D eigenvalue weighted by molar-refractivity contribution is 7.98. The average molecular weight is 267 g/mol. The molecule has 0 saturated carbocycles. The van der Waals surface area contributed by atoms with Gasteiger partial charge in [0.2, 0.25) is 0 Å². The van der Waals surface area contributed by atoms with E-state index in [1.54, 1.807) is 24.2 Å². The Morgan fingerprint density at radius 2 is 1.79 bits per heavy atom. The van der Waals surface area contributed by atoms with Gasteiger partial charge in [0.1, 0.15) is 0 Å². The first-order valence-electron chi connectivity index (χ1n) is 6.04. The summed E-state index contributed by atoms with van der Waals surface area (Å²) in [4.78, 5) is 11.7. The number of H-pyrrole nitrogens is 1. The Morgan fingerprint density at radius 1 is 1.00 bits per heavy atom. The van der Waals surface area contributed by atoms with Crippen molar-refractivity contribution < 1.29 is 0 Å². The molecule has 0 aliphatic heterocycles. The zero-order valence-corrected chi connectivity index (χ0v) is 11.1. The van der Waals surface area contributed by atoms with E-state index in [9.17, 15) is 0 Å². The number of pyridine rings is 1. The lowest BCUT2D eigenvalue weighted by atomic mass is 10.2. The zero-order chi connectivity index (χ0) is 12.9. The predicted molar refractivity (Wildman–Crippen MR) is 77.8 cm³/mol. The Kier molecular flexibility index (Phi) is 3.61. The SMILES string of the molecule is c1ccc(CSc2ncc(-c3ccncc3)[nH]2)cc1. The largest absolute Gasteiger partial charge is 0.333 e. The molecule has 2 aromatic heterocycles. The number of hydrogen-bond donors (Lipinski definition) is 1. The number of benzene rings is 1. The summed E-state index contributed by atoms with van der Waals surface area (Å²) in [6.07, 6.45) is 5.43. The minimum Gasteiger partial charge on any atom is -0.333 e. The molecular formula is C15H13N3S. The lowest BCUT2D eigenvalue weighted by molar-refractivity contribution is 1.06. The summed E-state index contributed by atoms with van der Waals surface area (Å²) in [5.41, 5.74) is 3.43. The van der Waals surface area contributed by atoms with E-state index in [1.807, 2.05) is 24.4 Å². The van der Waals surface area contributed by atoms with Crippen molar-refractivity contribution in [3.8, 4) is 11.3 Å². The fourth-order valence-corrected chi connectivity index (χ4v) is 2.59. The van der Waals surface area contributed by atoms with Crippen LogP contribution in [0.1, 0.15) is 5.56 Å². The number of imidazole rings is 1. The number of aromatic amines is 1.